The fourth-order valence-electron chi connectivity index (χ4n) is 2.79. The highest BCUT2D eigenvalue weighted by molar-refractivity contribution is 7.80. The zero-order chi connectivity index (χ0) is 20.7. The second-order valence-electron chi connectivity index (χ2n) is 6.43. The van der Waals surface area contributed by atoms with E-state index in [9.17, 15) is 22.8 Å². The van der Waals surface area contributed by atoms with Crippen molar-refractivity contribution in [2.24, 2.45) is 0 Å². The summed E-state index contributed by atoms with van der Waals surface area (Å²) in [5, 5.41) is 5.75. The fourth-order valence-corrected chi connectivity index (χ4v) is 3.02. The molecule has 0 spiro atoms. The smallest absolute Gasteiger partial charge is 0.368 e. The molecule has 1 heterocycles. The highest BCUT2D eigenvalue weighted by atomic mass is 32.1. The Balaban J connectivity index is 1.84. The van der Waals surface area contributed by atoms with E-state index >= 15 is 0 Å². The first-order valence-corrected chi connectivity index (χ1v) is 9.43. The molecular weight excluding hydrogens is 393 g/mol. The van der Waals surface area contributed by atoms with Gasteiger partial charge in [-0.1, -0.05) is 13.3 Å². The van der Waals surface area contributed by atoms with Crippen LogP contribution in [0.1, 0.15) is 26.2 Å². The summed E-state index contributed by atoms with van der Waals surface area (Å²) in [6, 6.07) is 7.16. The van der Waals surface area contributed by atoms with Crippen molar-refractivity contribution in [1.29, 1.82) is 0 Å². The van der Waals surface area contributed by atoms with Gasteiger partial charge < -0.3 is 20.4 Å². The van der Waals surface area contributed by atoms with Crippen molar-refractivity contribution in [2.75, 3.05) is 36.4 Å². The Kier molecular flexibility index (Phi) is 7.61. The third-order valence-electron chi connectivity index (χ3n) is 4.31. The minimum atomic E-state index is -4.83. The van der Waals surface area contributed by atoms with Crippen LogP contribution in [-0.2, 0) is 9.59 Å². The highest BCUT2D eigenvalue weighted by Crippen LogP contribution is 2.23. The normalized spacial score (nSPS) is 14.6. The van der Waals surface area contributed by atoms with Gasteiger partial charge in [0.1, 0.15) is 0 Å². The van der Waals surface area contributed by atoms with Crippen molar-refractivity contribution in [1.82, 2.24) is 10.2 Å². The summed E-state index contributed by atoms with van der Waals surface area (Å²) < 4.78 is 37.5. The predicted molar refractivity (Wildman–Crippen MR) is 105 cm³/mol. The van der Waals surface area contributed by atoms with Gasteiger partial charge in [0.2, 0.25) is 5.91 Å². The standard InChI is InChI=1S/C18H23F3N4O2S/c1-2-3-4-15(26)23-17(28)22-13-5-7-14(8-6-13)24-9-11-25(12-10-24)16(27)18(19,20)21/h5-8H,2-4,9-12H2,1H3,(H2,22,23,26,28). The molecule has 0 aliphatic carbocycles. The second-order valence-corrected chi connectivity index (χ2v) is 6.84. The number of benzene rings is 1. The summed E-state index contributed by atoms with van der Waals surface area (Å²) in [6.07, 6.45) is -2.70. The Morgan fingerprint density at radius 1 is 1.11 bits per heavy atom. The number of thiocarbonyl (C=S) groups is 1. The van der Waals surface area contributed by atoms with Crippen LogP contribution in [0.5, 0.6) is 0 Å². The molecule has 0 saturated carbocycles. The first-order valence-electron chi connectivity index (χ1n) is 9.02. The zero-order valence-electron chi connectivity index (χ0n) is 15.5. The number of unbranched alkanes of at least 4 members (excludes halogenated alkanes) is 1. The Bertz CT molecular complexity index is 702. The van der Waals surface area contributed by atoms with E-state index in [-0.39, 0.29) is 24.1 Å². The minimum absolute atomic E-state index is 0.0201. The largest absolute Gasteiger partial charge is 0.471 e. The van der Waals surface area contributed by atoms with E-state index in [4.69, 9.17) is 12.2 Å². The molecule has 0 radical (unpaired) electrons. The quantitative estimate of drug-likeness (QED) is 0.723. The summed E-state index contributed by atoms with van der Waals surface area (Å²) in [6.45, 7) is 2.68. The summed E-state index contributed by atoms with van der Waals surface area (Å²) >= 11 is 5.11. The molecule has 1 aliphatic rings. The number of alkyl halides is 3. The third-order valence-corrected chi connectivity index (χ3v) is 4.51. The first kappa shape index (κ1) is 21.9. The molecule has 1 aliphatic heterocycles. The van der Waals surface area contributed by atoms with Crippen molar-refractivity contribution in [3.63, 3.8) is 0 Å². The molecule has 2 rings (SSSR count). The topological polar surface area (TPSA) is 64.7 Å². The number of hydrogen-bond donors (Lipinski definition) is 2. The van der Waals surface area contributed by atoms with Crippen LogP contribution < -0.4 is 15.5 Å². The Hall–Kier alpha value is -2.36. The molecule has 28 heavy (non-hydrogen) atoms. The number of amides is 2. The van der Waals surface area contributed by atoms with Gasteiger partial charge in [-0.15, -0.1) is 0 Å². The van der Waals surface area contributed by atoms with Crippen LogP contribution in [-0.4, -0.2) is 54.2 Å². The molecule has 2 N–H and O–H groups in total. The molecule has 6 nitrogen and oxygen atoms in total. The molecule has 0 bridgehead atoms. The van der Waals surface area contributed by atoms with E-state index < -0.39 is 12.1 Å². The molecule has 0 aromatic heterocycles. The summed E-state index contributed by atoms with van der Waals surface area (Å²) in [5.74, 6) is -1.93. The van der Waals surface area contributed by atoms with Crippen molar-refractivity contribution in [3.05, 3.63) is 24.3 Å². The molecule has 1 saturated heterocycles. The molecule has 0 atom stereocenters. The lowest BCUT2D eigenvalue weighted by Gasteiger charge is -2.36. The summed E-state index contributed by atoms with van der Waals surface area (Å²) in [7, 11) is 0. The Labute approximate surface area is 167 Å². The van der Waals surface area contributed by atoms with Crippen LogP contribution in [0, 0.1) is 0 Å². The molecule has 10 heteroatoms. The molecular formula is C18H23F3N4O2S. The monoisotopic (exact) mass is 416 g/mol. The maximum atomic E-state index is 12.5. The number of halogens is 3. The van der Waals surface area contributed by atoms with E-state index in [0.717, 1.165) is 23.4 Å². The van der Waals surface area contributed by atoms with Crippen molar-refractivity contribution < 1.29 is 22.8 Å². The third kappa shape index (κ3) is 6.36. The van der Waals surface area contributed by atoms with Crippen LogP contribution in [0.15, 0.2) is 24.3 Å². The number of carbonyl (C=O) groups is 2. The number of rotatable bonds is 5. The number of nitrogens with zero attached hydrogens (tertiary/aromatic N) is 2. The average Bonchev–Trinajstić information content (AvgIpc) is 2.65. The van der Waals surface area contributed by atoms with E-state index in [1.54, 1.807) is 12.1 Å². The van der Waals surface area contributed by atoms with Gasteiger partial charge >= 0.3 is 12.1 Å². The molecule has 1 fully saturated rings. The average molecular weight is 416 g/mol. The number of anilines is 2. The number of hydrogen-bond acceptors (Lipinski definition) is 4. The van der Waals surface area contributed by atoms with Gasteiger partial charge in [-0.05, 0) is 42.9 Å². The van der Waals surface area contributed by atoms with Gasteiger partial charge in [0.25, 0.3) is 0 Å². The van der Waals surface area contributed by atoms with Crippen molar-refractivity contribution in [2.45, 2.75) is 32.4 Å². The lowest BCUT2D eigenvalue weighted by atomic mass is 10.2. The maximum Gasteiger partial charge on any atom is 0.471 e. The molecule has 2 amide bonds. The fraction of sp³-hybridized carbons (Fsp3) is 0.500. The van der Waals surface area contributed by atoms with Gasteiger partial charge in [0.05, 0.1) is 0 Å². The van der Waals surface area contributed by atoms with Crippen LogP contribution in [0.25, 0.3) is 0 Å². The van der Waals surface area contributed by atoms with Crippen LogP contribution >= 0.6 is 12.2 Å². The number of nitrogens with one attached hydrogen (secondary N) is 2. The lowest BCUT2D eigenvalue weighted by molar-refractivity contribution is -0.185. The molecule has 1 aromatic carbocycles. The van der Waals surface area contributed by atoms with E-state index in [2.05, 4.69) is 10.6 Å². The zero-order valence-corrected chi connectivity index (χ0v) is 16.3. The van der Waals surface area contributed by atoms with Gasteiger partial charge in [0.15, 0.2) is 5.11 Å². The van der Waals surface area contributed by atoms with Gasteiger partial charge in [0, 0.05) is 44.0 Å². The number of piperazine rings is 1. The molecule has 0 unspecified atom stereocenters. The van der Waals surface area contributed by atoms with Crippen LogP contribution in [0.4, 0.5) is 24.5 Å². The van der Waals surface area contributed by atoms with E-state index in [1.807, 2.05) is 24.0 Å². The minimum Gasteiger partial charge on any atom is -0.368 e. The molecule has 1 aromatic rings. The van der Waals surface area contributed by atoms with E-state index in [1.165, 1.54) is 0 Å². The summed E-state index contributed by atoms with van der Waals surface area (Å²) in [5.41, 5.74) is 1.53. The lowest BCUT2D eigenvalue weighted by Crippen LogP contribution is -2.52. The van der Waals surface area contributed by atoms with Crippen LogP contribution in [0.3, 0.4) is 0 Å². The van der Waals surface area contributed by atoms with E-state index in [0.29, 0.717) is 25.2 Å². The van der Waals surface area contributed by atoms with Gasteiger partial charge in [-0.2, -0.15) is 13.2 Å². The van der Waals surface area contributed by atoms with Crippen molar-refractivity contribution >= 4 is 40.5 Å². The second kappa shape index (κ2) is 9.72. The Morgan fingerprint density at radius 3 is 2.25 bits per heavy atom. The van der Waals surface area contributed by atoms with Gasteiger partial charge in [-0.25, -0.2) is 0 Å². The summed E-state index contributed by atoms with van der Waals surface area (Å²) in [4.78, 5) is 25.7. The van der Waals surface area contributed by atoms with Gasteiger partial charge in [-0.3, -0.25) is 9.59 Å². The predicted octanol–water partition coefficient (Wildman–Crippen LogP) is 2.90. The Morgan fingerprint density at radius 2 is 1.71 bits per heavy atom. The first-order chi connectivity index (χ1) is 13.2. The van der Waals surface area contributed by atoms with Crippen LogP contribution in [0.2, 0.25) is 0 Å². The molecule has 154 valence electrons. The highest BCUT2D eigenvalue weighted by Gasteiger charge is 2.43. The van der Waals surface area contributed by atoms with Crippen molar-refractivity contribution in [3.8, 4) is 0 Å². The maximum absolute atomic E-state index is 12.5. The number of carbonyl (C=O) groups excluding carboxylic acids is 2. The SMILES string of the molecule is CCCCC(=O)NC(=S)Nc1ccc(N2CCN(C(=O)C(F)(F)F)CC2)cc1.